The summed E-state index contributed by atoms with van der Waals surface area (Å²) in [4.78, 5) is 0. The maximum absolute atomic E-state index is 3.51. The molecular formula is C15H27NSi. The van der Waals surface area contributed by atoms with Gasteiger partial charge in [0, 0.05) is 14.6 Å². The van der Waals surface area contributed by atoms with E-state index in [1.165, 1.54) is 17.2 Å². The van der Waals surface area contributed by atoms with Crippen molar-refractivity contribution in [1.29, 1.82) is 0 Å². The molecule has 2 heteroatoms. The summed E-state index contributed by atoms with van der Waals surface area (Å²) < 4.78 is 0. The van der Waals surface area contributed by atoms with E-state index in [9.17, 15) is 0 Å². The number of aryl methyl sites for hydroxylation is 1. The van der Waals surface area contributed by atoms with Crippen LogP contribution in [0.4, 0.5) is 0 Å². The Balaban J connectivity index is 2.78. The Bertz CT molecular complexity index is 324. The first-order valence-corrected chi connectivity index (χ1v) is 10.4. The molecule has 17 heavy (non-hydrogen) atoms. The minimum Gasteiger partial charge on any atom is -0.316 e. The van der Waals surface area contributed by atoms with Gasteiger partial charge in [-0.05, 0) is 31.0 Å². The third-order valence-corrected chi connectivity index (χ3v) is 4.77. The highest BCUT2D eigenvalue weighted by Crippen LogP contribution is 2.26. The first kappa shape index (κ1) is 14.5. The molecule has 1 nitrogen and oxygen atoms in total. The zero-order valence-electron chi connectivity index (χ0n) is 12.0. The molecule has 0 fully saturated rings. The molecule has 1 aromatic rings. The fourth-order valence-electron chi connectivity index (χ4n) is 2.20. The van der Waals surface area contributed by atoms with Gasteiger partial charge in [0.05, 0.1) is 0 Å². The van der Waals surface area contributed by atoms with Crippen molar-refractivity contribution in [3.8, 4) is 0 Å². The van der Waals surface area contributed by atoms with Crippen molar-refractivity contribution in [3.63, 3.8) is 0 Å². The van der Waals surface area contributed by atoms with Crippen LogP contribution in [-0.4, -0.2) is 21.2 Å². The molecule has 1 rings (SSSR count). The van der Waals surface area contributed by atoms with Crippen LogP contribution in [0.1, 0.15) is 24.0 Å². The van der Waals surface area contributed by atoms with Crippen LogP contribution in [0, 0.1) is 6.92 Å². The van der Waals surface area contributed by atoms with Crippen LogP contribution in [0.3, 0.4) is 0 Å². The van der Waals surface area contributed by atoms with Crippen molar-refractivity contribution in [3.05, 3.63) is 35.4 Å². The highest BCUT2D eigenvalue weighted by atomic mass is 28.3. The molecule has 0 saturated heterocycles. The molecule has 0 amide bonds. The van der Waals surface area contributed by atoms with E-state index in [0.29, 0.717) is 5.92 Å². The van der Waals surface area contributed by atoms with Crippen molar-refractivity contribution in [2.24, 2.45) is 0 Å². The van der Waals surface area contributed by atoms with Crippen LogP contribution < -0.4 is 5.32 Å². The minimum atomic E-state index is -1.01. The molecule has 1 aromatic carbocycles. The van der Waals surface area contributed by atoms with Gasteiger partial charge in [-0.1, -0.05) is 56.4 Å². The fourth-order valence-corrected chi connectivity index (χ4v) is 4.06. The van der Waals surface area contributed by atoms with Gasteiger partial charge in [-0.3, -0.25) is 0 Å². The fraction of sp³-hybridized carbons (Fsp3) is 0.600. The van der Waals surface area contributed by atoms with Gasteiger partial charge in [-0.15, -0.1) is 0 Å². The van der Waals surface area contributed by atoms with Crippen LogP contribution in [0.25, 0.3) is 0 Å². The first-order valence-electron chi connectivity index (χ1n) is 6.69. The molecular weight excluding hydrogens is 222 g/mol. The van der Waals surface area contributed by atoms with Crippen LogP contribution >= 0.6 is 0 Å². The lowest BCUT2D eigenvalue weighted by Gasteiger charge is -2.25. The summed E-state index contributed by atoms with van der Waals surface area (Å²) in [6.07, 6.45) is 0. The second-order valence-electron chi connectivity index (χ2n) is 6.18. The summed E-state index contributed by atoms with van der Waals surface area (Å²) >= 11 is 0. The normalized spacial score (nSPS) is 13.7. The van der Waals surface area contributed by atoms with Crippen molar-refractivity contribution in [2.75, 3.05) is 13.1 Å². The van der Waals surface area contributed by atoms with Crippen molar-refractivity contribution < 1.29 is 0 Å². The van der Waals surface area contributed by atoms with Gasteiger partial charge in [-0.2, -0.15) is 0 Å². The summed E-state index contributed by atoms with van der Waals surface area (Å²) in [5.41, 5.74) is 2.85. The SMILES string of the molecule is CCNCC(C[Si](C)(C)C)c1ccc(C)cc1. The largest absolute Gasteiger partial charge is 0.316 e. The number of rotatable bonds is 6. The molecule has 1 N–H and O–H groups in total. The van der Waals surface area contributed by atoms with Crippen LogP contribution in [-0.2, 0) is 0 Å². The first-order chi connectivity index (χ1) is 7.92. The van der Waals surface area contributed by atoms with E-state index in [1.54, 1.807) is 0 Å². The Labute approximate surface area is 108 Å². The zero-order valence-corrected chi connectivity index (χ0v) is 13.0. The maximum atomic E-state index is 3.51. The Morgan fingerprint density at radius 3 is 2.18 bits per heavy atom. The van der Waals surface area contributed by atoms with Crippen LogP contribution in [0.5, 0.6) is 0 Å². The van der Waals surface area contributed by atoms with E-state index in [0.717, 1.165) is 13.1 Å². The molecule has 0 aliphatic rings. The standard InChI is InChI=1S/C15H27NSi/c1-6-16-11-15(12-17(3,4)5)14-9-7-13(2)8-10-14/h7-10,15-16H,6,11-12H2,1-5H3. The van der Waals surface area contributed by atoms with E-state index < -0.39 is 8.07 Å². The third kappa shape index (κ3) is 5.51. The molecule has 0 aliphatic heterocycles. The Morgan fingerprint density at radius 1 is 1.12 bits per heavy atom. The van der Waals surface area contributed by atoms with Gasteiger partial charge in [0.25, 0.3) is 0 Å². The molecule has 1 unspecified atom stereocenters. The summed E-state index contributed by atoms with van der Waals surface area (Å²) in [5.74, 6) is 0.683. The second-order valence-corrected chi connectivity index (χ2v) is 11.7. The van der Waals surface area contributed by atoms with Crippen LogP contribution in [0.2, 0.25) is 25.7 Å². The second kappa shape index (κ2) is 6.36. The number of nitrogens with one attached hydrogen (secondary N) is 1. The van der Waals surface area contributed by atoms with E-state index in [1.807, 2.05) is 0 Å². The van der Waals surface area contributed by atoms with E-state index in [4.69, 9.17) is 0 Å². The molecule has 0 saturated carbocycles. The van der Waals surface area contributed by atoms with Gasteiger partial charge in [-0.25, -0.2) is 0 Å². The number of likely N-dealkylation sites (N-methyl/N-ethyl adjacent to an activating group) is 1. The molecule has 0 aliphatic carbocycles. The zero-order chi connectivity index (χ0) is 12.9. The molecule has 0 heterocycles. The highest BCUT2D eigenvalue weighted by Gasteiger charge is 2.21. The highest BCUT2D eigenvalue weighted by molar-refractivity contribution is 6.76. The smallest absolute Gasteiger partial charge is 0.0449 e. The number of hydrogen-bond donors (Lipinski definition) is 1. The lowest BCUT2D eigenvalue weighted by molar-refractivity contribution is 0.629. The molecule has 0 aromatic heterocycles. The maximum Gasteiger partial charge on any atom is 0.0449 e. The van der Waals surface area contributed by atoms with Crippen LogP contribution in [0.15, 0.2) is 24.3 Å². The summed E-state index contributed by atoms with van der Waals surface area (Å²) in [6.45, 7) is 13.9. The van der Waals surface area contributed by atoms with Gasteiger partial charge in [0.2, 0.25) is 0 Å². The molecule has 0 bridgehead atoms. The van der Waals surface area contributed by atoms with Gasteiger partial charge in [0.1, 0.15) is 0 Å². The van der Waals surface area contributed by atoms with Crippen molar-refractivity contribution in [1.82, 2.24) is 5.32 Å². The average Bonchev–Trinajstić information content (AvgIpc) is 2.24. The monoisotopic (exact) mass is 249 g/mol. The summed E-state index contributed by atoms with van der Waals surface area (Å²) in [7, 11) is -1.01. The lowest BCUT2D eigenvalue weighted by atomic mass is 10.00. The number of benzene rings is 1. The van der Waals surface area contributed by atoms with E-state index >= 15 is 0 Å². The van der Waals surface area contributed by atoms with E-state index in [-0.39, 0.29) is 0 Å². The number of hydrogen-bond acceptors (Lipinski definition) is 1. The van der Waals surface area contributed by atoms with Gasteiger partial charge in [0.15, 0.2) is 0 Å². The predicted octanol–water partition coefficient (Wildman–Crippen LogP) is 4.03. The Hall–Kier alpha value is -0.603. The predicted molar refractivity (Wildman–Crippen MR) is 80.6 cm³/mol. The van der Waals surface area contributed by atoms with Crippen molar-refractivity contribution >= 4 is 8.07 Å². The Kier molecular flexibility index (Phi) is 5.41. The molecule has 1 atom stereocenters. The molecule has 96 valence electrons. The van der Waals surface area contributed by atoms with E-state index in [2.05, 4.69) is 63.1 Å². The molecule has 0 spiro atoms. The van der Waals surface area contributed by atoms with Gasteiger partial charge >= 0.3 is 0 Å². The minimum absolute atomic E-state index is 0.683. The van der Waals surface area contributed by atoms with Gasteiger partial charge < -0.3 is 5.32 Å². The Morgan fingerprint density at radius 2 is 1.71 bits per heavy atom. The topological polar surface area (TPSA) is 12.0 Å². The summed E-state index contributed by atoms with van der Waals surface area (Å²) in [6, 6.07) is 10.4. The molecule has 0 radical (unpaired) electrons. The third-order valence-electron chi connectivity index (χ3n) is 3.05. The quantitative estimate of drug-likeness (QED) is 0.751. The lowest BCUT2D eigenvalue weighted by Crippen LogP contribution is -2.29. The average molecular weight is 249 g/mol. The summed E-state index contributed by atoms with van der Waals surface area (Å²) in [5, 5.41) is 3.51. The van der Waals surface area contributed by atoms with Crippen molar-refractivity contribution in [2.45, 2.75) is 45.5 Å².